The van der Waals surface area contributed by atoms with E-state index in [2.05, 4.69) is 28.4 Å². The van der Waals surface area contributed by atoms with Crippen molar-refractivity contribution in [2.45, 2.75) is 44.4 Å². The third kappa shape index (κ3) is 2.72. The summed E-state index contributed by atoms with van der Waals surface area (Å²) in [5, 5.41) is 8.38. The smallest absolute Gasteiger partial charge is 0.222 e. The van der Waals surface area contributed by atoms with Gasteiger partial charge in [0.25, 0.3) is 0 Å². The molecule has 0 N–H and O–H groups in total. The summed E-state index contributed by atoms with van der Waals surface area (Å²) in [7, 11) is 0. The molecule has 0 amide bonds. The van der Waals surface area contributed by atoms with Crippen molar-refractivity contribution in [1.82, 2.24) is 10.2 Å². The van der Waals surface area contributed by atoms with Crippen molar-refractivity contribution in [2.24, 2.45) is 0 Å². The van der Waals surface area contributed by atoms with Crippen LogP contribution < -0.4 is 0 Å². The summed E-state index contributed by atoms with van der Waals surface area (Å²) in [4.78, 5) is 0. The monoisotopic (exact) mass is 284 g/mol. The van der Waals surface area contributed by atoms with Crippen molar-refractivity contribution in [2.75, 3.05) is 13.2 Å². The van der Waals surface area contributed by atoms with Gasteiger partial charge in [-0.05, 0) is 48.8 Å². The van der Waals surface area contributed by atoms with Gasteiger partial charge in [-0.25, -0.2) is 0 Å². The summed E-state index contributed by atoms with van der Waals surface area (Å²) in [6.07, 6.45) is 6.78. The molecule has 1 aromatic heterocycles. The summed E-state index contributed by atoms with van der Waals surface area (Å²) in [6.45, 7) is 1.51. The third-order valence-electron chi connectivity index (χ3n) is 4.53. The summed E-state index contributed by atoms with van der Waals surface area (Å²) in [6, 6.07) is 6.79. The Balaban J connectivity index is 1.50. The Bertz CT molecular complexity index is 629. The molecule has 4 nitrogen and oxygen atoms in total. The van der Waals surface area contributed by atoms with E-state index in [-0.39, 0.29) is 5.92 Å². The average Bonchev–Trinajstić information content (AvgIpc) is 3.18. The van der Waals surface area contributed by atoms with E-state index in [1.807, 2.05) is 0 Å². The molecule has 2 aliphatic rings. The zero-order chi connectivity index (χ0) is 14.1. The van der Waals surface area contributed by atoms with Crippen molar-refractivity contribution in [3.05, 3.63) is 46.7 Å². The van der Waals surface area contributed by atoms with Crippen LogP contribution in [0.2, 0.25) is 0 Å². The fourth-order valence-corrected chi connectivity index (χ4v) is 3.30. The lowest BCUT2D eigenvalue weighted by atomic mass is 9.90. The third-order valence-corrected chi connectivity index (χ3v) is 4.53. The summed E-state index contributed by atoms with van der Waals surface area (Å²) in [5.74, 6) is 1.74. The number of benzene rings is 1. The van der Waals surface area contributed by atoms with E-state index in [0.29, 0.717) is 12.5 Å². The lowest BCUT2D eigenvalue weighted by Crippen LogP contribution is -2.03. The first-order valence-corrected chi connectivity index (χ1v) is 7.89. The second-order valence-electron chi connectivity index (χ2n) is 6.08. The number of nitrogens with zero attached hydrogens (tertiary/aromatic N) is 2. The van der Waals surface area contributed by atoms with Crippen LogP contribution in [0.25, 0.3) is 0 Å². The largest absolute Gasteiger partial charge is 0.425 e. The molecular weight excluding hydrogens is 264 g/mol. The van der Waals surface area contributed by atoms with Crippen LogP contribution in [0.5, 0.6) is 0 Å². The van der Waals surface area contributed by atoms with Gasteiger partial charge in [0.05, 0.1) is 18.9 Å². The normalized spacial score (nSPS) is 21.4. The first-order chi connectivity index (χ1) is 10.4. The summed E-state index contributed by atoms with van der Waals surface area (Å²) >= 11 is 0. The van der Waals surface area contributed by atoms with E-state index in [0.717, 1.165) is 25.3 Å². The lowest BCUT2D eigenvalue weighted by molar-refractivity contribution is 0.190. The predicted molar refractivity (Wildman–Crippen MR) is 78.4 cm³/mol. The van der Waals surface area contributed by atoms with Gasteiger partial charge in [-0.3, -0.25) is 0 Å². The fourth-order valence-electron chi connectivity index (χ4n) is 3.30. The lowest BCUT2D eigenvalue weighted by Gasteiger charge is -2.16. The Labute approximate surface area is 124 Å². The van der Waals surface area contributed by atoms with Crippen molar-refractivity contribution in [3.8, 4) is 0 Å². The number of ether oxygens (including phenoxy) is 1. The van der Waals surface area contributed by atoms with Crippen molar-refractivity contribution < 1.29 is 9.15 Å². The van der Waals surface area contributed by atoms with Crippen LogP contribution in [0.4, 0.5) is 0 Å². The van der Waals surface area contributed by atoms with Crippen LogP contribution >= 0.6 is 0 Å². The van der Waals surface area contributed by atoms with Crippen LogP contribution in [-0.4, -0.2) is 23.4 Å². The summed E-state index contributed by atoms with van der Waals surface area (Å²) in [5.41, 5.74) is 4.29. The minimum Gasteiger partial charge on any atom is -0.425 e. The Kier molecular flexibility index (Phi) is 3.47. The molecular formula is C17H20N2O2. The van der Waals surface area contributed by atoms with E-state index in [9.17, 15) is 0 Å². The molecule has 1 fully saturated rings. The number of hydrogen-bond donors (Lipinski definition) is 0. The van der Waals surface area contributed by atoms with Gasteiger partial charge in [0.15, 0.2) is 0 Å². The van der Waals surface area contributed by atoms with Crippen LogP contribution in [0.1, 0.15) is 53.7 Å². The standard InChI is InChI=1S/C17H20N2O2/c1-2-4-14-9-12(5-6-13(14)3-1)10-16-18-19-17(21-16)15-7-8-20-11-15/h5-6,9,15H,1-4,7-8,10-11H2/t15-/m0/s1. The van der Waals surface area contributed by atoms with E-state index in [4.69, 9.17) is 9.15 Å². The minimum atomic E-state index is 0.287. The highest BCUT2D eigenvalue weighted by Crippen LogP contribution is 2.26. The number of aromatic nitrogens is 2. The molecule has 110 valence electrons. The topological polar surface area (TPSA) is 48.2 Å². The Morgan fingerprint density at radius 3 is 2.86 bits per heavy atom. The van der Waals surface area contributed by atoms with Gasteiger partial charge >= 0.3 is 0 Å². The Morgan fingerprint density at radius 1 is 1.10 bits per heavy atom. The van der Waals surface area contributed by atoms with Crippen LogP contribution in [0.3, 0.4) is 0 Å². The van der Waals surface area contributed by atoms with E-state index in [1.165, 1.54) is 42.4 Å². The van der Waals surface area contributed by atoms with Crippen LogP contribution in [-0.2, 0) is 24.0 Å². The molecule has 1 aliphatic heterocycles. The molecule has 4 heteroatoms. The fraction of sp³-hybridized carbons (Fsp3) is 0.529. The van der Waals surface area contributed by atoms with Crippen LogP contribution in [0, 0.1) is 0 Å². The summed E-state index contributed by atoms with van der Waals surface area (Å²) < 4.78 is 11.2. The molecule has 4 rings (SSSR count). The first kappa shape index (κ1) is 13.0. The molecule has 0 radical (unpaired) electrons. The number of fused-ring (bicyclic) bond motifs is 1. The molecule has 2 aromatic rings. The molecule has 0 unspecified atom stereocenters. The SMILES string of the molecule is c1cc2c(cc1Cc1nnc([C@H]3CCOC3)o1)CCCC2. The quantitative estimate of drug-likeness (QED) is 0.869. The molecule has 0 bridgehead atoms. The maximum absolute atomic E-state index is 5.81. The second kappa shape index (κ2) is 5.60. The number of hydrogen-bond acceptors (Lipinski definition) is 4. The van der Waals surface area contributed by atoms with Gasteiger partial charge in [0.1, 0.15) is 0 Å². The van der Waals surface area contributed by atoms with Crippen molar-refractivity contribution >= 4 is 0 Å². The highest BCUT2D eigenvalue weighted by atomic mass is 16.5. The molecule has 1 aromatic carbocycles. The van der Waals surface area contributed by atoms with Crippen LogP contribution in [0.15, 0.2) is 22.6 Å². The highest BCUT2D eigenvalue weighted by molar-refractivity contribution is 5.34. The molecule has 21 heavy (non-hydrogen) atoms. The molecule has 1 saturated heterocycles. The van der Waals surface area contributed by atoms with Gasteiger partial charge in [0, 0.05) is 6.61 Å². The van der Waals surface area contributed by atoms with Crippen molar-refractivity contribution in [3.63, 3.8) is 0 Å². The van der Waals surface area contributed by atoms with Gasteiger partial charge in [0.2, 0.25) is 11.8 Å². The van der Waals surface area contributed by atoms with Gasteiger partial charge in [-0.1, -0.05) is 18.2 Å². The minimum absolute atomic E-state index is 0.287. The zero-order valence-electron chi connectivity index (χ0n) is 12.2. The molecule has 0 saturated carbocycles. The molecule has 1 aliphatic carbocycles. The van der Waals surface area contributed by atoms with E-state index >= 15 is 0 Å². The molecule has 2 heterocycles. The zero-order valence-corrected chi connectivity index (χ0v) is 12.2. The average molecular weight is 284 g/mol. The van der Waals surface area contributed by atoms with Crippen molar-refractivity contribution in [1.29, 1.82) is 0 Å². The van der Waals surface area contributed by atoms with Gasteiger partial charge in [-0.15, -0.1) is 10.2 Å². The van der Waals surface area contributed by atoms with E-state index < -0.39 is 0 Å². The van der Waals surface area contributed by atoms with Gasteiger partial charge < -0.3 is 9.15 Å². The number of rotatable bonds is 3. The van der Waals surface area contributed by atoms with Gasteiger partial charge in [-0.2, -0.15) is 0 Å². The molecule has 1 atom stereocenters. The Morgan fingerprint density at radius 2 is 2.00 bits per heavy atom. The predicted octanol–water partition coefficient (Wildman–Crippen LogP) is 3.04. The maximum atomic E-state index is 5.81. The second-order valence-corrected chi connectivity index (χ2v) is 6.08. The maximum Gasteiger partial charge on any atom is 0.222 e. The van der Waals surface area contributed by atoms with E-state index in [1.54, 1.807) is 0 Å². The Hall–Kier alpha value is -1.68. The molecule has 0 spiro atoms. The number of aryl methyl sites for hydroxylation is 2. The first-order valence-electron chi connectivity index (χ1n) is 7.89. The highest BCUT2D eigenvalue weighted by Gasteiger charge is 2.23.